The molecule has 0 saturated heterocycles. The van der Waals surface area contributed by atoms with E-state index in [0.29, 0.717) is 33.4 Å². The Kier molecular flexibility index (Phi) is 4.96. The molecule has 2 aromatic heterocycles. The van der Waals surface area contributed by atoms with E-state index in [9.17, 15) is 4.79 Å². The van der Waals surface area contributed by atoms with Gasteiger partial charge in [-0.25, -0.2) is 9.97 Å². The third-order valence-corrected chi connectivity index (χ3v) is 5.57. The molecular formula is C19H16ClN5OS. The van der Waals surface area contributed by atoms with Gasteiger partial charge in [0.25, 0.3) is 5.56 Å². The summed E-state index contributed by atoms with van der Waals surface area (Å²) in [6.07, 6.45) is 3.17. The van der Waals surface area contributed by atoms with Crippen LogP contribution in [-0.4, -0.2) is 30.1 Å². The molecule has 0 amide bonds. The fraction of sp³-hybridized carbons (Fsp3) is 0.158. The minimum atomic E-state index is -0.103. The second-order valence-corrected chi connectivity index (χ2v) is 7.41. The number of nitrogens with zero attached hydrogens (tertiary/aromatic N) is 5. The number of thioether (sulfide) groups is 1. The van der Waals surface area contributed by atoms with Crippen molar-refractivity contribution < 1.29 is 0 Å². The van der Waals surface area contributed by atoms with Gasteiger partial charge < -0.3 is 0 Å². The molecule has 2 heterocycles. The predicted octanol–water partition coefficient (Wildman–Crippen LogP) is 3.73. The number of benzene rings is 2. The van der Waals surface area contributed by atoms with Crippen molar-refractivity contribution in [3.8, 4) is 5.69 Å². The Morgan fingerprint density at radius 3 is 2.81 bits per heavy atom. The number of hydrogen-bond acceptors (Lipinski definition) is 5. The molecule has 0 N–H and O–H groups in total. The molecule has 0 fully saturated rings. The van der Waals surface area contributed by atoms with Gasteiger partial charge in [-0.3, -0.25) is 14.0 Å². The Bertz CT molecular complexity index is 1160. The highest BCUT2D eigenvalue weighted by Crippen LogP contribution is 2.26. The van der Waals surface area contributed by atoms with E-state index in [0.717, 1.165) is 11.3 Å². The molecule has 0 aliphatic carbocycles. The smallest absolute Gasteiger partial charge is 0.266 e. The lowest BCUT2D eigenvalue weighted by molar-refractivity contribution is 0.663. The highest BCUT2D eigenvalue weighted by molar-refractivity contribution is 7.99. The van der Waals surface area contributed by atoms with Gasteiger partial charge in [0.05, 0.1) is 23.1 Å². The van der Waals surface area contributed by atoms with Crippen molar-refractivity contribution in [1.82, 2.24) is 24.3 Å². The van der Waals surface area contributed by atoms with Gasteiger partial charge in [0.2, 0.25) is 0 Å². The van der Waals surface area contributed by atoms with Gasteiger partial charge in [-0.1, -0.05) is 41.6 Å². The summed E-state index contributed by atoms with van der Waals surface area (Å²) in [5.41, 5.74) is 2.17. The first-order chi connectivity index (χ1) is 13.1. The number of aryl methyl sites for hydroxylation is 1. The van der Waals surface area contributed by atoms with Crippen LogP contribution in [0.3, 0.4) is 0 Å². The first kappa shape index (κ1) is 17.8. The zero-order chi connectivity index (χ0) is 18.8. The fourth-order valence-corrected chi connectivity index (χ4v) is 3.94. The molecule has 0 bridgehead atoms. The van der Waals surface area contributed by atoms with E-state index in [4.69, 9.17) is 16.6 Å². The highest BCUT2D eigenvalue weighted by atomic mass is 35.5. The molecule has 27 heavy (non-hydrogen) atoms. The van der Waals surface area contributed by atoms with Crippen LogP contribution in [0.15, 0.2) is 65.1 Å². The van der Waals surface area contributed by atoms with E-state index < -0.39 is 0 Å². The predicted molar refractivity (Wildman–Crippen MR) is 108 cm³/mol. The summed E-state index contributed by atoms with van der Waals surface area (Å²) in [4.78, 5) is 21.9. The molecule has 0 aliphatic rings. The van der Waals surface area contributed by atoms with Crippen molar-refractivity contribution in [2.75, 3.05) is 5.75 Å². The Balaban J connectivity index is 1.82. The molecular weight excluding hydrogens is 382 g/mol. The Morgan fingerprint density at radius 1 is 1.15 bits per heavy atom. The number of fused-ring (bicyclic) bond motifs is 1. The lowest BCUT2D eigenvalue weighted by Crippen LogP contribution is -2.22. The standard InChI is InChI=1S/C19H16ClN5OS/c1-13-15(20)6-4-8-17(13)25-18(26)14-5-2-3-7-16(14)23-19(25)27-10-9-24-12-21-11-22-24/h2-8,11-12H,9-10H2,1H3. The van der Waals surface area contributed by atoms with Gasteiger partial charge in [0, 0.05) is 10.8 Å². The molecule has 0 spiro atoms. The molecule has 136 valence electrons. The summed E-state index contributed by atoms with van der Waals surface area (Å²) in [5.74, 6) is 0.702. The molecule has 0 saturated carbocycles. The zero-order valence-electron chi connectivity index (χ0n) is 14.5. The van der Waals surface area contributed by atoms with E-state index >= 15 is 0 Å². The van der Waals surface area contributed by atoms with Crippen molar-refractivity contribution in [3.63, 3.8) is 0 Å². The van der Waals surface area contributed by atoms with Crippen LogP contribution in [0.2, 0.25) is 5.02 Å². The first-order valence-corrected chi connectivity index (χ1v) is 9.74. The third kappa shape index (κ3) is 3.48. The largest absolute Gasteiger partial charge is 0.268 e. The number of hydrogen-bond donors (Lipinski definition) is 0. The van der Waals surface area contributed by atoms with Crippen molar-refractivity contribution in [3.05, 3.63) is 76.1 Å². The van der Waals surface area contributed by atoms with Gasteiger partial charge in [0.15, 0.2) is 5.16 Å². The second-order valence-electron chi connectivity index (χ2n) is 5.94. The zero-order valence-corrected chi connectivity index (χ0v) is 16.1. The monoisotopic (exact) mass is 397 g/mol. The van der Waals surface area contributed by atoms with E-state index in [2.05, 4.69) is 10.1 Å². The van der Waals surface area contributed by atoms with E-state index in [-0.39, 0.29) is 5.56 Å². The van der Waals surface area contributed by atoms with Crippen molar-refractivity contribution in [2.45, 2.75) is 18.6 Å². The highest BCUT2D eigenvalue weighted by Gasteiger charge is 2.15. The maximum absolute atomic E-state index is 13.2. The van der Waals surface area contributed by atoms with Crippen LogP contribution < -0.4 is 5.56 Å². The van der Waals surface area contributed by atoms with Crippen LogP contribution in [0.1, 0.15) is 5.56 Å². The topological polar surface area (TPSA) is 65.6 Å². The van der Waals surface area contributed by atoms with Crippen molar-refractivity contribution in [1.29, 1.82) is 0 Å². The lowest BCUT2D eigenvalue weighted by Gasteiger charge is -2.15. The van der Waals surface area contributed by atoms with Crippen molar-refractivity contribution in [2.24, 2.45) is 0 Å². The van der Waals surface area contributed by atoms with Gasteiger partial charge in [-0.2, -0.15) is 5.10 Å². The minimum Gasteiger partial charge on any atom is -0.268 e. The molecule has 4 aromatic rings. The number of para-hydroxylation sites is 1. The average Bonchev–Trinajstić information content (AvgIpc) is 3.18. The number of aromatic nitrogens is 5. The molecule has 2 aromatic carbocycles. The van der Waals surface area contributed by atoms with Crippen molar-refractivity contribution >= 4 is 34.3 Å². The third-order valence-electron chi connectivity index (χ3n) is 4.24. The van der Waals surface area contributed by atoms with Crippen LogP contribution in [0.4, 0.5) is 0 Å². The molecule has 0 aliphatic heterocycles. The second kappa shape index (κ2) is 7.54. The summed E-state index contributed by atoms with van der Waals surface area (Å²) in [7, 11) is 0. The number of halogens is 1. The average molecular weight is 398 g/mol. The van der Waals surface area contributed by atoms with Gasteiger partial charge in [-0.15, -0.1) is 0 Å². The SMILES string of the molecule is Cc1c(Cl)cccc1-n1c(SCCn2cncn2)nc2ccccc2c1=O. The summed E-state index contributed by atoms with van der Waals surface area (Å²) in [6.45, 7) is 2.57. The first-order valence-electron chi connectivity index (χ1n) is 8.37. The number of rotatable bonds is 5. The Labute approximate surface area is 164 Å². The van der Waals surface area contributed by atoms with Crippen LogP contribution in [0.25, 0.3) is 16.6 Å². The quantitative estimate of drug-likeness (QED) is 0.379. The van der Waals surface area contributed by atoms with Crippen LogP contribution >= 0.6 is 23.4 Å². The molecule has 0 atom stereocenters. The Morgan fingerprint density at radius 2 is 2.00 bits per heavy atom. The molecule has 4 rings (SSSR count). The summed E-state index contributed by atoms with van der Waals surface area (Å²) in [5, 5.41) is 5.93. The molecule has 8 heteroatoms. The molecule has 0 unspecified atom stereocenters. The van der Waals surface area contributed by atoms with Crippen LogP contribution in [0.5, 0.6) is 0 Å². The Hall–Kier alpha value is -2.64. The van der Waals surface area contributed by atoms with E-state index in [1.165, 1.54) is 18.1 Å². The fourth-order valence-electron chi connectivity index (χ4n) is 2.84. The maximum atomic E-state index is 13.2. The van der Waals surface area contributed by atoms with Gasteiger partial charge >= 0.3 is 0 Å². The molecule has 6 nitrogen and oxygen atoms in total. The summed E-state index contributed by atoms with van der Waals surface area (Å²) >= 11 is 7.80. The van der Waals surface area contributed by atoms with Gasteiger partial charge in [-0.05, 0) is 36.8 Å². The van der Waals surface area contributed by atoms with Crippen LogP contribution in [-0.2, 0) is 6.54 Å². The van der Waals surface area contributed by atoms with E-state index in [1.54, 1.807) is 21.6 Å². The van der Waals surface area contributed by atoms with E-state index in [1.807, 2.05) is 43.3 Å². The summed E-state index contributed by atoms with van der Waals surface area (Å²) < 4.78 is 3.40. The summed E-state index contributed by atoms with van der Waals surface area (Å²) in [6, 6.07) is 12.9. The molecule has 0 radical (unpaired) electrons. The van der Waals surface area contributed by atoms with Crippen LogP contribution in [0, 0.1) is 6.92 Å². The maximum Gasteiger partial charge on any atom is 0.266 e. The lowest BCUT2D eigenvalue weighted by atomic mass is 10.2. The van der Waals surface area contributed by atoms with Gasteiger partial charge in [0.1, 0.15) is 12.7 Å². The normalized spacial score (nSPS) is 11.2. The minimum absolute atomic E-state index is 0.103.